The summed E-state index contributed by atoms with van der Waals surface area (Å²) in [6, 6.07) is 1.88. The maximum absolute atomic E-state index is 5.47. The third-order valence-electron chi connectivity index (χ3n) is 1.86. The SMILES string of the molecule is CCOCCOCc1ccoc1CN. The van der Waals surface area contributed by atoms with Crippen LogP contribution in [0.15, 0.2) is 16.7 Å². The van der Waals surface area contributed by atoms with Gasteiger partial charge in [0.15, 0.2) is 0 Å². The zero-order chi connectivity index (χ0) is 10.2. The third kappa shape index (κ3) is 3.49. The molecule has 0 radical (unpaired) electrons. The van der Waals surface area contributed by atoms with Crippen molar-refractivity contribution in [3.63, 3.8) is 0 Å². The summed E-state index contributed by atoms with van der Waals surface area (Å²) < 4.78 is 15.7. The first-order valence-corrected chi connectivity index (χ1v) is 4.79. The summed E-state index contributed by atoms with van der Waals surface area (Å²) in [7, 11) is 0. The van der Waals surface area contributed by atoms with Gasteiger partial charge in [0, 0.05) is 12.2 Å². The molecule has 0 aliphatic rings. The van der Waals surface area contributed by atoms with Crippen LogP contribution in [0.5, 0.6) is 0 Å². The van der Waals surface area contributed by atoms with Crippen molar-refractivity contribution < 1.29 is 13.9 Å². The predicted molar refractivity (Wildman–Crippen MR) is 52.7 cm³/mol. The number of furan rings is 1. The molecule has 1 aromatic heterocycles. The van der Waals surface area contributed by atoms with E-state index < -0.39 is 0 Å². The Balaban J connectivity index is 2.17. The van der Waals surface area contributed by atoms with Gasteiger partial charge in [-0.05, 0) is 13.0 Å². The molecule has 0 aromatic carbocycles. The fraction of sp³-hybridized carbons (Fsp3) is 0.600. The first-order chi connectivity index (χ1) is 6.88. The number of nitrogens with two attached hydrogens (primary N) is 1. The van der Waals surface area contributed by atoms with Crippen molar-refractivity contribution in [2.75, 3.05) is 19.8 Å². The van der Waals surface area contributed by atoms with Gasteiger partial charge in [-0.2, -0.15) is 0 Å². The van der Waals surface area contributed by atoms with E-state index in [1.54, 1.807) is 6.26 Å². The molecule has 2 N–H and O–H groups in total. The van der Waals surface area contributed by atoms with E-state index in [0.29, 0.717) is 26.4 Å². The highest BCUT2D eigenvalue weighted by atomic mass is 16.5. The molecule has 0 atom stereocenters. The molecule has 0 aliphatic carbocycles. The van der Waals surface area contributed by atoms with Crippen molar-refractivity contribution in [1.29, 1.82) is 0 Å². The molecule has 0 saturated carbocycles. The number of hydrogen-bond donors (Lipinski definition) is 1. The van der Waals surface area contributed by atoms with E-state index in [4.69, 9.17) is 19.6 Å². The van der Waals surface area contributed by atoms with Crippen LogP contribution in [-0.4, -0.2) is 19.8 Å². The first kappa shape index (κ1) is 11.2. The molecule has 0 bridgehead atoms. The second-order valence-electron chi connectivity index (χ2n) is 2.82. The van der Waals surface area contributed by atoms with Gasteiger partial charge in [0.25, 0.3) is 0 Å². The molecule has 0 aliphatic heterocycles. The molecule has 4 nitrogen and oxygen atoms in total. The van der Waals surface area contributed by atoms with E-state index in [1.165, 1.54) is 0 Å². The van der Waals surface area contributed by atoms with Crippen LogP contribution < -0.4 is 5.73 Å². The van der Waals surface area contributed by atoms with Crippen LogP contribution in [0.4, 0.5) is 0 Å². The lowest BCUT2D eigenvalue weighted by Crippen LogP contribution is -2.05. The molecule has 4 heteroatoms. The van der Waals surface area contributed by atoms with Crippen molar-refractivity contribution in [2.24, 2.45) is 5.73 Å². The van der Waals surface area contributed by atoms with E-state index in [2.05, 4.69) is 0 Å². The highest BCUT2D eigenvalue weighted by Crippen LogP contribution is 2.10. The molecule has 1 rings (SSSR count). The minimum atomic E-state index is 0.414. The summed E-state index contributed by atoms with van der Waals surface area (Å²) in [6.45, 7) is 4.87. The molecule has 0 amide bonds. The lowest BCUT2D eigenvalue weighted by molar-refractivity contribution is 0.0448. The average Bonchev–Trinajstić information content (AvgIpc) is 2.65. The summed E-state index contributed by atoms with van der Waals surface area (Å²) >= 11 is 0. The molecule has 0 fully saturated rings. The Bertz CT molecular complexity index is 247. The standard InChI is InChI=1S/C10H17NO3/c1-2-12-5-6-13-8-9-3-4-14-10(9)7-11/h3-4H,2,5-8,11H2,1H3. The van der Waals surface area contributed by atoms with Gasteiger partial charge in [-0.3, -0.25) is 0 Å². The smallest absolute Gasteiger partial charge is 0.122 e. The maximum Gasteiger partial charge on any atom is 0.122 e. The van der Waals surface area contributed by atoms with Gasteiger partial charge >= 0.3 is 0 Å². The molecular weight excluding hydrogens is 182 g/mol. The van der Waals surface area contributed by atoms with Gasteiger partial charge < -0.3 is 19.6 Å². The quantitative estimate of drug-likeness (QED) is 0.672. The monoisotopic (exact) mass is 199 g/mol. The van der Waals surface area contributed by atoms with Gasteiger partial charge in [-0.15, -0.1) is 0 Å². The van der Waals surface area contributed by atoms with E-state index in [9.17, 15) is 0 Å². The molecule has 1 heterocycles. The summed E-state index contributed by atoms with van der Waals surface area (Å²) in [6.07, 6.45) is 1.63. The van der Waals surface area contributed by atoms with Crippen LogP contribution in [0, 0.1) is 0 Å². The van der Waals surface area contributed by atoms with Crippen molar-refractivity contribution in [3.05, 3.63) is 23.7 Å². The Hall–Kier alpha value is -0.840. The summed E-state index contributed by atoms with van der Waals surface area (Å²) in [5.41, 5.74) is 6.49. The van der Waals surface area contributed by atoms with Crippen LogP contribution in [0.25, 0.3) is 0 Å². The maximum atomic E-state index is 5.47. The summed E-state index contributed by atoms with van der Waals surface area (Å²) in [5.74, 6) is 0.793. The Morgan fingerprint density at radius 1 is 1.36 bits per heavy atom. The van der Waals surface area contributed by atoms with E-state index in [1.807, 2.05) is 13.0 Å². The van der Waals surface area contributed by atoms with Gasteiger partial charge in [-0.1, -0.05) is 0 Å². The van der Waals surface area contributed by atoms with Crippen LogP contribution in [0.1, 0.15) is 18.2 Å². The first-order valence-electron chi connectivity index (χ1n) is 4.79. The summed E-state index contributed by atoms with van der Waals surface area (Å²) in [5, 5.41) is 0. The lowest BCUT2D eigenvalue weighted by atomic mass is 10.2. The van der Waals surface area contributed by atoms with Gasteiger partial charge in [0.1, 0.15) is 5.76 Å². The highest BCUT2D eigenvalue weighted by Gasteiger charge is 2.03. The highest BCUT2D eigenvalue weighted by molar-refractivity contribution is 5.15. The van der Waals surface area contributed by atoms with Crippen molar-refractivity contribution >= 4 is 0 Å². The Kier molecular flexibility index (Phi) is 5.29. The normalized spacial score (nSPS) is 10.7. The van der Waals surface area contributed by atoms with Gasteiger partial charge in [-0.25, -0.2) is 0 Å². The fourth-order valence-corrected chi connectivity index (χ4v) is 1.12. The number of ether oxygens (including phenoxy) is 2. The molecule has 1 aromatic rings. The third-order valence-corrected chi connectivity index (χ3v) is 1.86. The van der Waals surface area contributed by atoms with Crippen LogP contribution >= 0.6 is 0 Å². The predicted octanol–water partition coefficient (Wildman–Crippen LogP) is 1.29. The van der Waals surface area contributed by atoms with Crippen LogP contribution in [0.3, 0.4) is 0 Å². The topological polar surface area (TPSA) is 57.6 Å². The lowest BCUT2D eigenvalue weighted by Gasteiger charge is -2.03. The van der Waals surface area contributed by atoms with Gasteiger partial charge in [0.2, 0.25) is 0 Å². The summed E-state index contributed by atoms with van der Waals surface area (Å²) in [4.78, 5) is 0. The molecule has 80 valence electrons. The van der Waals surface area contributed by atoms with Crippen molar-refractivity contribution in [1.82, 2.24) is 0 Å². The molecule has 0 spiro atoms. The zero-order valence-corrected chi connectivity index (χ0v) is 8.49. The molecule has 0 unspecified atom stereocenters. The second kappa shape index (κ2) is 6.59. The average molecular weight is 199 g/mol. The van der Waals surface area contributed by atoms with Crippen LogP contribution in [-0.2, 0) is 22.6 Å². The second-order valence-corrected chi connectivity index (χ2v) is 2.82. The van der Waals surface area contributed by atoms with E-state index in [0.717, 1.165) is 17.9 Å². The van der Waals surface area contributed by atoms with Gasteiger partial charge in [0.05, 0.1) is 32.6 Å². The molecule has 14 heavy (non-hydrogen) atoms. The zero-order valence-electron chi connectivity index (χ0n) is 8.49. The Morgan fingerprint density at radius 3 is 2.86 bits per heavy atom. The van der Waals surface area contributed by atoms with E-state index in [-0.39, 0.29) is 0 Å². The fourth-order valence-electron chi connectivity index (χ4n) is 1.12. The minimum absolute atomic E-state index is 0.414. The Morgan fingerprint density at radius 2 is 2.14 bits per heavy atom. The number of hydrogen-bond acceptors (Lipinski definition) is 4. The van der Waals surface area contributed by atoms with Crippen LogP contribution in [0.2, 0.25) is 0 Å². The minimum Gasteiger partial charge on any atom is -0.468 e. The van der Waals surface area contributed by atoms with Crippen molar-refractivity contribution in [2.45, 2.75) is 20.1 Å². The largest absolute Gasteiger partial charge is 0.468 e. The number of rotatable bonds is 7. The molecular formula is C10H17NO3. The Labute approximate surface area is 84.0 Å². The molecule has 0 saturated heterocycles. The van der Waals surface area contributed by atoms with E-state index >= 15 is 0 Å². The van der Waals surface area contributed by atoms with Crippen molar-refractivity contribution in [3.8, 4) is 0 Å².